The summed E-state index contributed by atoms with van der Waals surface area (Å²) in [6.07, 6.45) is 0.368. The number of carbonyl (C=O) groups excluding carboxylic acids is 2. The molecule has 1 saturated heterocycles. The van der Waals surface area contributed by atoms with E-state index in [-0.39, 0.29) is 19.1 Å². The summed E-state index contributed by atoms with van der Waals surface area (Å²) < 4.78 is 10.2. The maximum Gasteiger partial charge on any atom is 0.338 e. The first kappa shape index (κ1) is 20.2. The normalized spacial score (nSPS) is 19.7. The highest BCUT2D eigenvalue weighted by molar-refractivity contribution is 8.14. The number of halogens is 2. The molecule has 1 atom stereocenters. The van der Waals surface area contributed by atoms with Gasteiger partial charge in [-0.15, -0.1) is 0 Å². The second-order valence-electron chi connectivity index (χ2n) is 5.96. The van der Waals surface area contributed by atoms with E-state index in [1.807, 2.05) is 0 Å². The van der Waals surface area contributed by atoms with Crippen molar-refractivity contribution in [1.29, 1.82) is 0 Å². The second kappa shape index (κ2) is 8.65. The quantitative estimate of drug-likeness (QED) is 0.526. The molecule has 0 spiro atoms. The van der Waals surface area contributed by atoms with E-state index in [9.17, 15) is 9.59 Å². The van der Waals surface area contributed by atoms with E-state index in [1.165, 1.54) is 18.9 Å². The van der Waals surface area contributed by atoms with Gasteiger partial charge in [-0.25, -0.2) is 9.79 Å². The number of thioether (sulfide) groups is 1. The highest BCUT2D eigenvalue weighted by Crippen LogP contribution is 2.41. The van der Waals surface area contributed by atoms with E-state index in [4.69, 9.17) is 32.7 Å². The number of allylic oxidation sites excluding steroid dienone is 1. The van der Waals surface area contributed by atoms with Gasteiger partial charge in [-0.1, -0.05) is 41.0 Å². The van der Waals surface area contributed by atoms with Crippen molar-refractivity contribution < 1.29 is 19.1 Å². The number of esters is 1. The lowest BCUT2D eigenvalue weighted by Crippen LogP contribution is -2.45. The first-order valence-corrected chi connectivity index (χ1v) is 10.0. The van der Waals surface area contributed by atoms with Crippen molar-refractivity contribution in [2.75, 3.05) is 26.1 Å². The van der Waals surface area contributed by atoms with Gasteiger partial charge in [0, 0.05) is 19.3 Å². The van der Waals surface area contributed by atoms with Gasteiger partial charge in [-0.2, -0.15) is 0 Å². The zero-order chi connectivity index (χ0) is 19.6. The zero-order valence-corrected chi connectivity index (χ0v) is 17.2. The summed E-state index contributed by atoms with van der Waals surface area (Å²) in [4.78, 5) is 31.5. The highest BCUT2D eigenvalue weighted by atomic mass is 35.5. The Labute approximate surface area is 171 Å². The molecule has 9 heteroatoms. The maximum absolute atomic E-state index is 12.8. The first-order chi connectivity index (χ1) is 12.9. The van der Waals surface area contributed by atoms with Crippen molar-refractivity contribution in [2.24, 2.45) is 4.99 Å². The fraction of sp³-hybridized carbons (Fsp3) is 0.389. The number of amidine groups is 1. The number of benzene rings is 1. The number of amides is 1. The molecule has 3 rings (SSSR count). The predicted molar refractivity (Wildman–Crippen MR) is 106 cm³/mol. The number of ether oxygens (including phenoxy) is 2. The highest BCUT2D eigenvalue weighted by Gasteiger charge is 2.41. The molecule has 1 aromatic rings. The Morgan fingerprint density at radius 1 is 1.33 bits per heavy atom. The summed E-state index contributed by atoms with van der Waals surface area (Å²) in [5, 5.41) is 1.32. The first-order valence-electron chi connectivity index (χ1n) is 8.29. The molecule has 1 amide bonds. The Kier molecular flexibility index (Phi) is 6.47. The lowest BCUT2D eigenvalue weighted by atomic mass is 9.94. The van der Waals surface area contributed by atoms with Gasteiger partial charge in [0.05, 0.1) is 34.0 Å². The van der Waals surface area contributed by atoms with Gasteiger partial charge in [-0.05, 0) is 24.6 Å². The summed E-state index contributed by atoms with van der Waals surface area (Å²) >= 11 is 13.7. The molecule has 0 N–H and O–H groups in total. The lowest BCUT2D eigenvalue weighted by molar-refractivity contribution is -0.141. The van der Waals surface area contributed by atoms with Crippen LogP contribution in [0.1, 0.15) is 24.9 Å². The van der Waals surface area contributed by atoms with E-state index in [0.29, 0.717) is 44.2 Å². The fourth-order valence-corrected chi connectivity index (χ4v) is 4.26. The van der Waals surface area contributed by atoms with Crippen LogP contribution in [-0.2, 0) is 19.1 Å². The van der Waals surface area contributed by atoms with Gasteiger partial charge in [0.1, 0.15) is 6.61 Å². The summed E-state index contributed by atoms with van der Waals surface area (Å²) in [6.45, 7) is 2.13. The molecular weight excluding hydrogens is 411 g/mol. The molecule has 1 fully saturated rings. The van der Waals surface area contributed by atoms with E-state index in [1.54, 1.807) is 30.0 Å². The largest absolute Gasteiger partial charge is 0.460 e. The molecule has 1 unspecified atom stereocenters. The molecule has 0 radical (unpaired) electrons. The monoisotopic (exact) mass is 428 g/mol. The van der Waals surface area contributed by atoms with Crippen LogP contribution in [0.25, 0.3) is 0 Å². The zero-order valence-electron chi connectivity index (χ0n) is 14.8. The number of methoxy groups -OCH3 is 1. The summed E-state index contributed by atoms with van der Waals surface area (Å²) in [7, 11) is 1.53. The third kappa shape index (κ3) is 4.16. The number of hydrogen-bond donors (Lipinski definition) is 0. The number of carbonyl (C=O) groups is 2. The van der Waals surface area contributed by atoms with Crippen molar-refractivity contribution in [3.63, 3.8) is 0 Å². The Balaban J connectivity index is 2.07. The number of fused-ring (bicyclic) bond motifs is 1. The Morgan fingerprint density at radius 3 is 2.81 bits per heavy atom. The molecule has 27 heavy (non-hydrogen) atoms. The molecule has 6 nitrogen and oxygen atoms in total. The van der Waals surface area contributed by atoms with E-state index in [0.717, 1.165) is 0 Å². The van der Waals surface area contributed by atoms with Gasteiger partial charge in [-0.3, -0.25) is 9.69 Å². The lowest BCUT2D eigenvalue weighted by Gasteiger charge is -2.39. The van der Waals surface area contributed by atoms with Crippen LogP contribution in [-0.4, -0.2) is 48.0 Å². The summed E-state index contributed by atoms with van der Waals surface area (Å²) in [5.74, 6) is 0.0217. The fourth-order valence-electron chi connectivity index (χ4n) is 2.95. The van der Waals surface area contributed by atoms with Crippen LogP contribution in [0.3, 0.4) is 0 Å². The van der Waals surface area contributed by atoms with E-state index >= 15 is 0 Å². The third-order valence-electron chi connectivity index (χ3n) is 4.21. The average molecular weight is 429 g/mol. The number of rotatable bonds is 5. The standard InChI is InChI=1S/C18H18Cl2N2O4S/c1-10-15(17(24)26-7-6-25-2)16(11-3-4-12(19)13(20)9-11)22-14(23)5-8-27-18(22)21-10/h3-4,9,16H,5-8H2,1-2H3. The van der Waals surface area contributed by atoms with E-state index in [2.05, 4.69) is 4.99 Å². The van der Waals surface area contributed by atoms with Gasteiger partial charge in [0.25, 0.3) is 0 Å². The molecule has 0 bridgehead atoms. The summed E-state index contributed by atoms with van der Waals surface area (Å²) in [6, 6.07) is 4.40. The molecule has 2 aliphatic heterocycles. The molecule has 2 heterocycles. The minimum Gasteiger partial charge on any atom is -0.460 e. The topological polar surface area (TPSA) is 68.2 Å². The number of nitrogens with zero attached hydrogens (tertiary/aromatic N) is 2. The molecule has 0 saturated carbocycles. The summed E-state index contributed by atoms with van der Waals surface area (Å²) in [5.41, 5.74) is 1.50. The van der Waals surface area contributed by atoms with Gasteiger partial charge in [0.2, 0.25) is 5.91 Å². The van der Waals surface area contributed by atoms with Gasteiger partial charge >= 0.3 is 5.97 Å². The Bertz CT molecular complexity index is 841. The van der Waals surface area contributed by atoms with Crippen molar-refractivity contribution in [3.05, 3.63) is 45.1 Å². The molecule has 2 aliphatic rings. The van der Waals surface area contributed by atoms with Crippen molar-refractivity contribution in [1.82, 2.24) is 4.90 Å². The SMILES string of the molecule is COCCOC(=O)C1=C(C)N=C2SCCC(=O)N2C1c1ccc(Cl)c(Cl)c1. The minimum absolute atomic E-state index is 0.0988. The molecule has 1 aromatic carbocycles. The van der Waals surface area contributed by atoms with Crippen molar-refractivity contribution >= 4 is 52.0 Å². The smallest absolute Gasteiger partial charge is 0.338 e. The Hall–Kier alpha value is -1.54. The minimum atomic E-state index is -0.664. The van der Waals surface area contributed by atoms with Crippen molar-refractivity contribution in [3.8, 4) is 0 Å². The van der Waals surface area contributed by atoms with Crippen LogP contribution >= 0.6 is 35.0 Å². The van der Waals surface area contributed by atoms with Crippen LogP contribution in [0.5, 0.6) is 0 Å². The van der Waals surface area contributed by atoms with Crippen molar-refractivity contribution in [2.45, 2.75) is 19.4 Å². The van der Waals surface area contributed by atoms with Gasteiger partial charge in [0.15, 0.2) is 5.17 Å². The maximum atomic E-state index is 12.8. The van der Waals surface area contributed by atoms with E-state index < -0.39 is 12.0 Å². The molecular formula is C18H18Cl2N2O4S. The average Bonchev–Trinajstić information content (AvgIpc) is 2.63. The van der Waals surface area contributed by atoms with Crippen LogP contribution in [0, 0.1) is 0 Å². The van der Waals surface area contributed by atoms with Crippen LogP contribution in [0.15, 0.2) is 34.5 Å². The van der Waals surface area contributed by atoms with Gasteiger partial charge < -0.3 is 9.47 Å². The number of hydrogen-bond acceptors (Lipinski definition) is 6. The third-order valence-corrected chi connectivity index (χ3v) is 5.90. The number of aliphatic imine (C=N–C) groups is 1. The van der Waals surface area contributed by atoms with Crippen LogP contribution in [0.4, 0.5) is 0 Å². The molecule has 0 aliphatic carbocycles. The Morgan fingerprint density at radius 2 is 2.11 bits per heavy atom. The predicted octanol–water partition coefficient (Wildman–Crippen LogP) is 3.83. The van der Waals surface area contributed by atoms with Crippen LogP contribution in [0.2, 0.25) is 10.0 Å². The molecule has 144 valence electrons. The second-order valence-corrected chi connectivity index (χ2v) is 7.84. The van der Waals surface area contributed by atoms with Crippen LogP contribution < -0.4 is 0 Å². The molecule has 0 aromatic heterocycles.